The molecule has 0 aliphatic carbocycles. The summed E-state index contributed by atoms with van der Waals surface area (Å²) >= 11 is 0. The van der Waals surface area contributed by atoms with Crippen LogP contribution in [-0.4, -0.2) is 32.6 Å². The van der Waals surface area contributed by atoms with Gasteiger partial charge in [-0.05, 0) is 19.4 Å². The van der Waals surface area contributed by atoms with Crippen LogP contribution in [0.5, 0.6) is 5.88 Å². The molecule has 3 rings (SSSR count). The van der Waals surface area contributed by atoms with Crippen LogP contribution < -0.4 is 10.1 Å². The fraction of sp³-hybridized carbons (Fsp3) is 0.250. The molecule has 0 saturated carbocycles. The number of aromatic nitrogens is 4. The van der Waals surface area contributed by atoms with Gasteiger partial charge in [-0.15, -0.1) is 0 Å². The third kappa shape index (κ3) is 2.98. The maximum absolute atomic E-state index is 12.4. The lowest BCUT2D eigenvalue weighted by molar-refractivity contribution is 0.0949. The van der Waals surface area contributed by atoms with Gasteiger partial charge in [-0.25, -0.2) is 14.5 Å². The standard InChI is InChI=1S/C16H17N5O2/c1-10-6-14-17-9-13(11(2)21(14)20-10)16(22)19-8-12-4-5-15(23-3)18-7-12/h4-7,9H,8H2,1-3H3,(H,19,22). The Morgan fingerprint density at radius 2 is 2.09 bits per heavy atom. The Labute approximate surface area is 133 Å². The van der Waals surface area contributed by atoms with Gasteiger partial charge in [0.05, 0.1) is 24.1 Å². The van der Waals surface area contributed by atoms with Crippen molar-refractivity contribution in [3.05, 3.63) is 53.1 Å². The molecular weight excluding hydrogens is 294 g/mol. The highest BCUT2D eigenvalue weighted by Gasteiger charge is 2.13. The Bertz CT molecular complexity index is 855. The lowest BCUT2D eigenvalue weighted by Gasteiger charge is -2.08. The molecule has 7 nitrogen and oxygen atoms in total. The predicted octanol–water partition coefficient (Wildman–Crippen LogP) is 1.68. The number of hydrogen-bond donors (Lipinski definition) is 1. The molecule has 118 valence electrons. The molecule has 3 heterocycles. The zero-order valence-electron chi connectivity index (χ0n) is 13.2. The molecule has 0 saturated heterocycles. The van der Waals surface area contributed by atoms with E-state index in [1.165, 1.54) is 0 Å². The van der Waals surface area contributed by atoms with E-state index in [1.54, 1.807) is 30.1 Å². The molecule has 0 aliphatic rings. The number of amides is 1. The first-order chi connectivity index (χ1) is 11.1. The van der Waals surface area contributed by atoms with E-state index in [2.05, 4.69) is 20.4 Å². The molecule has 0 atom stereocenters. The van der Waals surface area contributed by atoms with Gasteiger partial charge >= 0.3 is 0 Å². The summed E-state index contributed by atoms with van der Waals surface area (Å²) in [4.78, 5) is 20.8. The van der Waals surface area contributed by atoms with Crippen LogP contribution in [0.2, 0.25) is 0 Å². The molecule has 1 amide bonds. The van der Waals surface area contributed by atoms with Gasteiger partial charge in [0.2, 0.25) is 5.88 Å². The summed E-state index contributed by atoms with van der Waals surface area (Å²) in [6.45, 7) is 4.13. The van der Waals surface area contributed by atoms with Crippen LogP contribution in [0.25, 0.3) is 5.65 Å². The zero-order valence-corrected chi connectivity index (χ0v) is 13.2. The molecule has 7 heteroatoms. The van der Waals surface area contributed by atoms with Crippen molar-refractivity contribution in [1.29, 1.82) is 0 Å². The second kappa shape index (κ2) is 6.04. The van der Waals surface area contributed by atoms with Crippen LogP contribution in [0.15, 0.2) is 30.6 Å². The van der Waals surface area contributed by atoms with E-state index in [1.807, 2.05) is 26.0 Å². The van der Waals surface area contributed by atoms with Crippen molar-refractivity contribution >= 4 is 11.6 Å². The molecule has 0 spiro atoms. The number of nitrogens with one attached hydrogen (secondary N) is 1. The van der Waals surface area contributed by atoms with Crippen LogP contribution in [-0.2, 0) is 6.54 Å². The van der Waals surface area contributed by atoms with Crippen LogP contribution in [0.4, 0.5) is 0 Å². The number of pyridine rings is 1. The molecule has 23 heavy (non-hydrogen) atoms. The lowest BCUT2D eigenvalue weighted by Crippen LogP contribution is -2.24. The van der Waals surface area contributed by atoms with Crippen LogP contribution in [0, 0.1) is 13.8 Å². The molecule has 3 aromatic heterocycles. The van der Waals surface area contributed by atoms with Gasteiger partial charge in [0.25, 0.3) is 5.91 Å². The normalized spacial score (nSPS) is 10.7. The van der Waals surface area contributed by atoms with E-state index in [0.29, 0.717) is 18.0 Å². The Morgan fingerprint density at radius 1 is 1.26 bits per heavy atom. The van der Waals surface area contributed by atoms with Gasteiger partial charge in [0, 0.05) is 31.1 Å². The number of rotatable bonds is 4. The summed E-state index contributed by atoms with van der Waals surface area (Å²) in [7, 11) is 1.56. The van der Waals surface area contributed by atoms with Gasteiger partial charge in [0.15, 0.2) is 5.65 Å². The quantitative estimate of drug-likeness (QED) is 0.793. The average molecular weight is 311 g/mol. The lowest BCUT2D eigenvalue weighted by atomic mass is 10.2. The van der Waals surface area contributed by atoms with Crippen molar-refractivity contribution in [3.8, 4) is 5.88 Å². The summed E-state index contributed by atoms with van der Waals surface area (Å²) in [5.41, 5.74) is 3.75. The minimum Gasteiger partial charge on any atom is -0.481 e. The first kappa shape index (κ1) is 15.0. The molecule has 0 aliphatic heterocycles. The monoisotopic (exact) mass is 311 g/mol. The second-order valence-electron chi connectivity index (χ2n) is 5.20. The van der Waals surface area contributed by atoms with Crippen molar-refractivity contribution < 1.29 is 9.53 Å². The van der Waals surface area contributed by atoms with Gasteiger partial charge in [-0.1, -0.05) is 6.07 Å². The number of aryl methyl sites for hydroxylation is 2. The highest BCUT2D eigenvalue weighted by molar-refractivity contribution is 5.95. The molecule has 1 N–H and O–H groups in total. The predicted molar refractivity (Wildman–Crippen MR) is 84.4 cm³/mol. The zero-order chi connectivity index (χ0) is 16.4. The molecule has 0 aromatic carbocycles. The molecule has 0 radical (unpaired) electrons. The van der Waals surface area contributed by atoms with E-state index in [4.69, 9.17) is 4.74 Å². The third-order valence-corrected chi connectivity index (χ3v) is 3.55. The maximum Gasteiger partial charge on any atom is 0.254 e. The van der Waals surface area contributed by atoms with Crippen LogP contribution >= 0.6 is 0 Å². The maximum atomic E-state index is 12.4. The number of fused-ring (bicyclic) bond motifs is 1. The van der Waals surface area contributed by atoms with Crippen LogP contribution in [0.1, 0.15) is 27.3 Å². The Hall–Kier alpha value is -2.96. The van der Waals surface area contributed by atoms with E-state index < -0.39 is 0 Å². The number of ether oxygens (including phenoxy) is 1. The van der Waals surface area contributed by atoms with E-state index in [0.717, 1.165) is 22.6 Å². The van der Waals surface area contributed by atoms with E-state index in [-0.39, 0.29) is 5.91 Å². The first-order valence-corrected chi connectivity index (χ1v) is 7.17. The smallest absolute Gasteiger partial charge is 0.254 e. The fourth-order valence-corrected chi connectivity index (χ4v) is 2.30. The van der Waals surface area contributed by atoms with Gasteiger partial charge in [-0.3, -0.25) is 4.79 Å². The minimum absolute atomic E-state index is 0.194. The van der Waals surface area contributed by atoms with Crippen molar-refractivity contribution in [3.63, 3.8) is 0 Å². The highest BCUT2D eigenvalue weighted by atomic mass is 16.5. The number of carbonyl (C=O) groups excluding carboxylic acids is 1. The highest BCUT2D eigenvalue weighted by Crippen LogP contribution is 2.11. The number of methoxy groups -OCH3 is 1. The molecule has 0 unspecified atom stereocenters. The SMILES string of the molecule is COc1ccc(CNC(=O)c2cnc3cc(C)nn3c2C)cn1. The van der Waals surface area contributed by atoms with Crippen molar-refractivity contribution in [1.82, 2.24) is 24.9 Å². The minimum atomic E-state index is -0.194. The Kier molecular flexibility index (Phi) is 3.92. The average Bonchev–Trinajstić information content (AvgIpc) is 2.95. The first-order valence-electron chi connectivity index (χ1n) is 7.17. The van der Waals surface area contributed by atoms with E-state index >= 15 is 0 Å². The summed E-state index contributed by atoms with van der Waals surface area (Å²) in [5.74, 6) is 0.348. The number of hydrogen-bond acceptors (Lipinski definition) is 5. The summed E-state index contributed by atoms with van der Waals surface area (Å²) < 4.78 is 6.69. The Balaban J connectivity index is 1.76. The van der Waals surface area contributed by atoms with Crippen molar-refractivity contribution in [2.24, 2.45) is 0 Å². The van der Waals surface area contributed by atoms with Crippen molar-refractivity contribution in [2.75, 3.05) is 7.11 Å². The van der Waals surface area contributed by atoms with E-state index in [9.17, 15) is 4.79 Å². The second-order valence-corrected chi connectivity index (χ2v) is 5.20. The molecule has 3 aromatic rings. The summed E-state index contributed by atoms with van der Waals surface area (Å²) in [5, 5.41) is 7.21. The third-order valence-electron chi connectivity index (χ3n) is 3.55. The Morgan fingerprint density at radius 3 is 2.78 bits per heavy atom. The largest absolute Gasteiger partial charge is 0.481 e. The number of carbonyl (C=O) groups is 1. The van der Waals surface area contributed by atoms with Gasteiger partial charge < -0.3 is 10.1 Å². The van der Waals surface area contributed by atoms with Crippen molar-refractivity contribution in [2.45, 2.75) is 20.4 Å². The summed E-state index contributed by atoms with van der Waals surface area (Å²) in [6.07, 6.45) is 3.25. The fourth-order valence-electron chi connectivity index (χ4n) is 2.30. The molecule has 0 fully saturated rings. The van der Waals surface area contributed by atoms with Gasteiger partial charge in [-0.2, -0.15) is 5.10 Å². The topological polar surface area (TPSA) is 81.4 Å². The summed E-state index contributed by atoms with van der Waals surface area (Å²) in [6, 6.07) is 5.49. The molecule has 0 bridgehead atoms. The molecular formula is C16H17N5O2. The van der Waals surface area contributed by atoms with Gasteiger partial charge in [0.1, 0.15) is 0 Å². The van der Waals surface area contributed by atoms with Crippen LogP contribution in [0.3, 0.4) is 0 Å². The number of nitrogens with zero attached hydrogens (tertiary/aromatic N) is 4.